The Kier molecular flexibility index (Phi) is 7.62. The van der Waals surface area contributed by atoms with Gasteiger partial charge in [0.25, 0.3) is 0 Å². The smallest absolute Gasteiger partial charge is 0.240 e. The van der Waals surface area contributed by atoms with Crippen molar-refractivity contribution in [2.24, 2.45) is 5.92 Å². The molecule has 0 aliphatic carbocycles. The van der Waals surface area contributed by atoms with Gasteiger partial charge in [0, 0.05) is 32.8 Å². The number of benzene rings is 1. The number of ether oxygens (including phenoxy) is 1. The number of nitrogens with one attached hydrogen (secondary N) is 1. The van der Waals surface area contributed by atoms with Crippen LogP contribution in [0.3, 0.4) is 0 Å². The molecule has 174 valence electrons. The molecule has 0 saturated carbocycles. The summed E-state index contributed by atoms with van der Waals surface area (Å²) in [6.45, 7) is 4.03. The van der Waals surface area contributed by atoms with E-state index in [1.807, 2.05) is 19.2 Å². The highest BCUT2D eigenvalue weighted by Gasteiger charge is 2.35. The van der Waals surface area contributed by atoms with E-state index in [-0.39, 0.29) is 31.5 Å². The Morgan fingerprint density at radius 3 is 2.97 bits per heavy atom. The maximum absolute atomic E-state index is 11.8. The van der Waals surface area contributed by atoms with E-state index in [2.05, 4.69) is 26.4 Å². The number of aliphatic hydroxyl groups is 1. The molecule has 1 amide bonds. The zero-order chi connectivity index (χ0) is 22.5. The number of likely N-dealkylation sites (N-methyl/N-ethyl adjacent to an activating group) is 1. The average Bonchev–Trinajstić information content (AvgIpc) is 3.38. The van der Waals surface area contributed by atoms with Crippen LogP contribution >= 0.6 is 11.6 Å². The first-order valence-electron chi connectivity index (χ1n) is 11.0. The van der Waals surface area contributed by atoms with Crippen molar-refractivity contribution in [1.29, 1.82) is 0 Å². The SMILES string of the molecule is CN(CC(=O)NCCO)Cc1nc(C2CN(CC3CCOCC3)c3c(Cl)cccc32)no1. The summed E-state index contributed by atoms with van der Waals surface area (Å²) in [6, 6.07) is 5.98. The second-order valence-corrected chi connectivity index (χ2v) is 8.89. The van der Waals surface area contributed by atoms with E-state index in [0.29, 0.717) is 24.2 Å². The maximum atomic E-state index is 11.8. The quantitative estimate of drug-likeness (QED) is 0.578. The predicted octanol–water partition coefficient (Wildman–Crippen LogP) is 1.64. The Morgan fingerprint density at radius 1 is 1.38 bits per heavy atom. The number of rotatable bonds is 9. The number of para-hydroxylation sites is 1. The molecule has 9 nitrogen and oxygen atoms in total. The maximum Gasteiger partial charge on any atom is 0.240 e. The lowest BCUT2D eigenvalue weighted by atomic mass is 10.00. The van der Waals surface area contributed by atoms with Gasteiger partial charge < -0.3 is 24.6 Å². The molecule has 0 spiro atoms. The third-order valence-electron chi connectivity index (χ3n) is 5.98. The van der Waals surface area contributed by atoms with Gasteiger partial charge in [-0.3, -0.25) is 9.69 Å². The van der Waals surface area contributed by atoms with E-state index in [4.69, 9.17) is 26.0 Å². The number of amides is 1. The van der Waals surface area contributed by atoms with Gasteiger partial charge in [-0.15, -0.1) is 0 Å². The van der Waals surface area contributed by atoms with Crippen LogP contribution < -0.4 is 10.2 Å². The van der Waals surface area contributed by atoms with Crippen LogP contribution in [0.5, 0.6) is 0 Å². The summed E-state index contributed by atoms with van der Waals surface area (Å²) in [4.78, 5) is 20.6. The molecule has 4 rings (SSSR count). The van der Waals surface area contributed by atoms with Gasteiger partial charge >= 0.3 is 0 Å². The Hall–Kier alpha value is -2.20. The van der Waals surface area contributed by atoms with Crippen LogP contribution in [0, 0.1) is 5.92 Å². The minimum atomic E-state index is -0.163. The van der Waals surface area contributed by atoms with Gasteiger partial charge in [0.1, 0.15) is 0 Å². The molecular formula is C22H30ClN5O4. The number of hydrogen-bond acceptors (Lipinski definition) is 8. The van der Waals surface area contributed by atoms with Crippen molar-refractivity contribution >= 4 is 23.2 Å². The monoisotopic (exact) mass is 463 g/mol. The van der Waals surface area contributed by atoms with E-state index in [0.717, 1.165) is 55.4 Å². The minimum absolute atomic E-state index is 0.0146. The largest absolute Gasteiger partial charge is 0.395 e. The van der Waals surface area contributed by atoms with Gasteiger partial charge in [-0.1, -0.05) is 28.9 Å². The number of fused-ring (bicyclic) bond motifs is 1. The summed E-state index contributed by atoms with van der Waals surface area (Å²) in [7, 11) is 1.81. The molecule has 0 radical (unpaired) electrons. The molecule has 3 heterocycles. The highest BCUT2D eigenvalue weighted by Crippen LogP contribution is 2.44. The van der Waals surface area contributed by atoms with Crippen LogP contribution in [-0.2, 0) is 16.1 Å². The Bertz CT molecular complexity index is 917. The van der Waals surface area contributed by atoms with Crippen LogP contribution in [0.2, 0.25) is 5.02 Å². The molecule has 1 fully saturated rings. The van der Waals surface area contributed by atoms with Crippen LogP contribution in [0.1, 0.15) is 36.0 Å². The first-order valence-corrected chi connectivity index (χ1v) is 11.4. The fourth-order valence-corrected chi connectivity index (χ4v) is 4.74. The van der Waals surface area contributed by atoms with E-state index < -0.39 is 0 Å². The second-order valence-electron chi connectivity index (χ2n) is 8.48. The molecular weight excluding hydrogens is 434 g/mol. The van der Waals surface area contributed by atoms with Crippen molar-refractivity contribution in [3.63, 3.8) is 0 Å². The average molecular weight is 464 g/mol. The molecule has 1 unspecified atom stereocenters. The molecule has 2 aliphatic rings. The molecule has 0 bridgehead atoms. The minimum Gasteiger partial charge on any atom is -0.395 e. The Balaban J connectivity index is 1.44. The zero-order valence-corrected chi connectivity index (χ0v) is 19.1. The first-order chi connectivity index (χ1) is 15.5. The fourth-order valence-electron chi connectivity index (χ4n) is 4.44. The molecule has 2 aromatic rings. The lowest BCUT2D eigenvalue weighted by molar-refractivity contribution is -0.122. The van der Waals surface area contributed by atoms with E-state index >= 15 is 0 Å². The highest BCUT2D eigenvalue weighted by molar-refractivity contribution is 6.33. The second kappa shape index (κ2) is 10.6. The summed E-state index contributed by atoms with van der Waals surface area (Å²) in [5.74, 6) is 1.50. The number of aromatic nitrogens is 2. The summed E-state index contributed by atoms with van der Waals surface area (Å²) in [5.41, 5.74) is 2.18. The van der Waals surface area contributed by atoms with Crippen molar-refractivity contribution in [3.8, 4) is 0 Å². The number of anilines is 1. The van der Waals surface area contributed by atoms with Crippen LogP contribution in [0.4, 0.5) is 5.69 Å². The lowest BCUT2D eigenvalue weighted by Gasteiger charge is -2.29. The zero-order valence-electron chi connectivity index (χ0n) is 18.3. The Labute approximate surface area is 192 Å². The summed E-state index contributed by atoms with van der Waals surface area (Å²) >= 11 is 6.60. The van der Waals surface area contributed by atoms with Gasteiger partial charge in [0.05, 0.1) is 36.3 Å². The number of nitrogens with zero attached hydrogens (tertiary/aromatic N) is 4. The lowest BCUT2D eigenvalue weighted by Crippen LogP contribution is -2.36. The number of carbonyl (C=O) groups excluding carboxylic acids is 1. The summed E-state index contributed by atoms with van der Waals surface area (Å²) in [5, 5.41) is 16.4. The van der Waals surface area contributed by atoms with Gasteiger partial charge in [-0.2, -0.15) is 4.98 Å². The molecule has 1 aromatic heterocycles. The molecule has 1 atom stereocenters. The van der Waals surface area contributed by atoms with Crippen molar-refractivity contribution < 1.29 is 19.2 Å². The van der Waals surface area contributed by atoms with Crippen LogP contribution in [0.25, 0.3) is 0 Å². The van der Waals surface area contributed by atoms with Crippen molar-refractivity contribution in [3.05, 3.63) is 40.5 Å². The van der Waals surface area contributed by atoms with E-state index in [1.54, 1.807) is 4.90 Å². The first kappa shape index (κ1) is 23.0. The molecule has 2 aliphatic heterocycles. The molecule has 1 aromatic carbocycles. The summed E-state index contributed by atoms with van der Waals surface area (Å²) < 4.78 is 11.0. The molecule has 2 N–H and O–H groups in total. The number of hydrogen-bond donors (Lipinski definition) is 2. The van der Waals surface area contributed by atoms with Crippen molar-refractivity contribution in [2.75, 3.05) is 57.9 Å². The topological polar surface area (TPSA) is 104 Å². The number of carbonyl (C=O) groups is 1. The Morgan fingerprint density at radius 2 is 2.19 bits per heavy atom. The highest BCUT2D eigenvalue weighted by atomic mass is 35.5. The van der Waals surface area contributed by atoms with Gasteiger partial charge in [0.2, 0.25) is 11.8 Å². The predicted molar refractivity (Wildman–Crippen MR) is 120 cm³/mol. The van der Waals surface area contributed by atoms with E-state index in [1.165, 1.54) is 0 Å². The molecule has 10 heteroatoms. The number of aliphatic hydroxyl groups excluding tert-OH is 1. The van der Waals surface area contributed by atoms with Gasteiger partial charge in [0.15, 0.2) is 5.82 Å². The standard InChI is InChI=1S/C22H30ClN5O4/c1-27(13-19(30)24-7-8-29)14-20-25-22(26-32-20)17-12-28(11-15-5-9-31-10-6-15)21-16(17)3-2-4-18(21)23/h2-4,15,17,29H,5-14H2,1H3,(H,24,30). The fraction of sp³-hybridized carbons (Fsp3) is 0.591. The van der Waals surface area contributed by atoms with E-state index in [9.17, 15) is 4.79 Å². The molecule has 32 heavy (non-hydrogen) atoms. The van der Waals surface area contributed by atoms with Crippen LogP contribution in [0.15, 0.2) is 22.7 Å². The van der Waals surface area contributed by atoms with Gasteiger partial charge in [-0.25, -0.2) is 0 Å². The van der Waals surface area contributed by atoms with Crippen molar-refractivity contribution in [1.82, 2.24) is 20.4 Å². The molecule has 1 saturated heterocycles. The normalized spacial score (nSPS) is 18.9. The third kappa shape index (κ3) is 5.40. The van der Waals surface area contributed by atoms with Crippen LogP contribution in [-0.4, -0.2) is 79.1 Å². The number of halogens is 1. The van der Waals surface area contributed by atoms with Gasteiger partial charge in [-0.05, 0) is 37.4 Å². The van der Waals surface area contributed by atoms with Crippen molar-refractivity contribution in [2.45, 2.75) is 25.3 Å². The third-order valence-corrected chi connectivity index (χ3v) is 6.29. The summed E-state index contributed by atoms with van der Waals surface area (Å²) in [6.07, 6.45) is 2.12.